The molecule has 0 unspecified atom stereocenters. The van der Waals surface area contributed by atoms with E-state index in [9.17, 15) is 4.39 Å². The third-order valence-corrected chi connectivity index (χ3v) is 2.93. The van der Waals surface area contributed by atoms with Crippen molar-refractivity contribution in [1.29, 1.82) is 0 Å². The summed E-state index contributed by atoms with van der Waals surface area (Å²) in [6.45, 7) is 0. The van der Waals surface area contributed by atoms with Crippen molar-refractivity contribution in [3.05, 3.63) is 19.5 Å². The lowest BCUT2D eigenvalue weighted by molar-refractivity contribution is 0.401. The van der Waals surface area contributed by atoms with Crippen LogP contribution in [-0.2, 0) is 0 Å². The standard InChI is InChI=1S/C6H3Br3FNO/c1-12-4-2(7)3(10)5(8)11-6(4)9/h1H3. The van der Waals surface area contributed by atoms with Crippen molar-refractivity contribution < 1.29 is 9.13 Å². The van der Waals surface area contributed by atoms with Gasteiger partial charge in [0.05, 0.1) is 7.11 Å². The summed E-state index contributed by atoms with van der Waals surface area (Å²) in [7, 11) is 1.44. The van der Waals surface area contributed by atoms with Gasteiger partial charge in [-0.3, -0.25) is 0 Å². The fourth-order valence-electron chi connectivity index (χ4n) is 0.641. The van der Waals surface area contributed by atoms with E-state index in [0.717, 1.165) is 0 Å². The van der Waals surface area contributed by atoms with Gasteiger partial charge in [-0.15, -0.1) is 0 Å². The van der Waals surface area contributed by atoms with Crippen molar-refractivity contribution >= 4 is 47.8 Å². The van der Waals surface area contributed by atoms with Crippen LogP contribution in [0.15, 0.2) is 13.7 Å². The average Bonchev–Trinajstić information content (AvgIpc) is 2.01. The molecular weight excluding hydrogens is 361 g/mol. The molecule has 0 saturated carbocycles. The normalized spacial score (nSPS) is 10.1. The Kier molecular flexibility index (Phi) is 3.48. The van der Waals surface area contributed by atoms with E-state index >= 15 is 0 Å². The molecule has 1 aromatic heterocycles. The molecule has 1 rings (SSSR count). The smallest absolute Gasteiger partial charge is 0.173 e. The maximum Gasteiger partial charge on any atom is 0.173 e. The number of methoxy groups -OCH3 is 1. The molecule has 0 aliphatic rings. The second-order valence-electron chi connectivity index (χ2n) is 1.85. The number of aromatic nitrogens is 1. The second kappa shape index (κ2) is 4.02. The highest BCUT2D eigenvalue weighted by Gasteiger charge is 2.15. The second-order valence-corrected chi connectivity index (χ2v) is 4.15. The quantitative estimate of drug-likeness (QED) is 0.712. The van der Waals surface area contributed by atoms with E-state index in [1.54, 1.807) is 0 Å². The lowest BCUT2D eigenvalue weighted by Crippen LogP contribution is -1.93. The maximum atomic E-state index is 13.1. The van der Waals surface area contributed by atoms with Gasteiger partial charge in [0.2, 0.25) is 0 Å². The van der Waals surface area contributed by atoms with Gasteiger partial charge in [-0.2, -0.15) is 0 Å². The Hall–Kier alpha value is 0.320. The summed E-state index contributed by atoms with van der Waals surface area (Å²) in [4.78, 5) is 3.81. The molecule has 0 radical (unpaired) electrons. The Morgan fingerprint density at radius 3 is 2.33 bits per heavy atom. The minimum atomic E-state index is -0.477. The predicted octanol–water partition coefficient (Wildman–Crippen LogP) is 3.52. The summed E-state index contributed by atoms with van der Waals surface area (Å²) in [5.41, 5.74) is 0. The molecule has 1 heterocycles. The van der Waals surface area contributed by atoms with Crippen LogP contribution in [0.2, 0.25) is 0 Å². The number of hydrogen-bond acceptors (Lipinski definition) is 2. The van der Waals surface area contributed by atoms with E-state index in [1.165, 1.54) is 7.11 Å². The Balaban J connectivity index is 3.40. The lowest BCUT2D eigenvalue weighted by Gasteiger charge is -2.06. The zero-order chi connectivity index (χ0) is 9.30. The molecule has 0 fully saturated rings. The topological polar surface area (TPSA) is 22.1 Å². The van der Waals surface area contributed by atoms with Gasteiger partial charge in [-0.25, -0.2) is 9.37 Å². The summed E-state index contributed by atoms with van der Waals surface area (Å²) in [6.07, 6.45) is 0. The molecule has 0 aliphatic carbocycles. The van der Waals surface area contributed by atoms with E-state index in [-0.39, 0.29) is 9.08 Å². The van der Waals surface area contributed by atoms with Gasteiger partial charge in [0.15, 0.2) is 16.2 Å². The van der Waals surface area contributed by atoms with Gasteiger partial charge in [0.25, 0.3) is 0 Å². The van der Waals surface area contributed by atoms with Crippen molar-refractivity contribution in [2.24, 2.45) is 0 Å². The SMILES string of the molecule is COc1c(Br)nc(Br)c(F)c1Br. The van der Waals surface area contributed by atoms with Crippen LogP contribution in [0.3, 0.4) is 0 Å². The first kappa shape index (κ1) is 10.4. The first-order valence-electron chi connectivity index (χ1n) is 2.82. The Morgan fingerprint density at radius 2 is 1.83 bits per heavy atom. The highest BCUT2D eigenvalue weighted by molar-refractivity contribution is 9.11. The minimum absolute atomic E-state index is 0.141. The van der Waals surface area contributed by atoms with Crippen molar-refractivity contribution in [1.82, 2.24) is 4.98 Å². The molecule has 1 aromatic rings. The fourth-order valence-corrected chi connectivity index (χ4v) is 2.86. The summed E-state index contributed by atoms with van der Waals surface area (Å²) >= 11 is 9.13. The highest BCUT2D eigenvalue weighted by Crippen LogP contribution is 2.36. The number of halogens is 4. The number of pyridine rings is 1. The van der Waals surface area contributed by atoms with Crippen molar-refractivity contribution in [3.63, 3.8) is 0 Å². The summed E-state index contributed by atoms with van der Waals surface area (Å²) < 4.78 is 18.8. The number of hydrogen-bond donors (Lipinski definition) is 0. The van der Waals surface area contributed by atoms with Crippen LogP contribution in [0.25, 0.3) is 0 Å². The molecule has 0 bridgehead atoms. The van der Waals surface area contributed by atoms with Crippen molar-refractivity contribution in [3.8, 4) is 5.75 Å². The molecule has 0 amide bonds. The molecule has 0 aliphatic heterocycles. The highest BCUT2D eigenvalue weighted by atomic mass is 79.9. The van der Waals surface area contributed by atoms with Crippen molar-refractivity contribution in [2.45, 2.75) is 0 Å². The van der Waals surface area contributed by atoms with Crippen LogP contribution in [-0.4, -0.2) is 12.1 Å². The third-order valence-electron chi connectivity index (χ3n) is 1.16. The average molecular weight is 364 g/mol. The lowest BCUT2D eigenvalue weighted by atomic mass is 10.4. The minimum Gasteiger partial charge on any atom is -0.493 e. The van der Waals surface area contributed by atoms with Crippen LogP contribution in [0.1, 0.15) is 0 Å². The van der Waals surface area contributed by atoms with E-state index in [1.807, 2.05) is 0 Å². The van der Waals surface area contributed by atoms with Gasteiger partial charge in [0, 0.05) is 0 Å². The van der Waals surface area contributed by atoms with Crippen LogP contribution < -0.4 is 4.74 Å². The van der Waals surface area contributed by atoms with Gasteiger partial charge < -0.3 is 4.74 Å². The van der Waals surface area contributed by atoms with Gasteiger partial charge in [0.1, 0.15) is 9.08 Å². The van der Waals surface area contributed by atoms with E-state index in [2.05, 4.69) is 52.8 Å². The molecule has 0 spiro atoms. The molecule has 66 valence electrons. The molecule has 0 N–H and O–H groups in total. The van der Waals surface area contributed by atoms with Gasteiger partial charge in [-0.05, 0) is 47.8 Å². The zero-order valence-electron chi connectivity index (χ0n) is 5.87. The van der Waals surface area contributed by atoms with Crippen LogP contribution in [0.5, 0.6) is 5.75 Å². The molecule has 2 nitrogen and oxygen atoms in total. The number of rotatable bonds is 1. The van der Waals surface area contributed by atoms with E-state index < -0.39 is 5.82 Å². The predicted molar refractivity (Wildman–Crippen MR) is 53.8 cm³/mol. The van der Waals surface area contributed by atoms with Crippen LogP contribution >= 0.6 is 47.8 Å². The van der Waals surface area contributed by atoms with Gasteiger partial charge in [-0.1, -0.05) is 0 Å². The fraction of sp³-hybridized carbons (Fsp3) is 0.167. The summed E-state index contributed by atoms with van der Waals surface area (Å²) in [5, 5.41) is 0. The largest absolute Gasteiger partial charge is 0.493 e. The first-order valence-corrected chi connectivity index (χ1v) is 5.19. The molecular formula is C6H3Br3FNO. The Morgan fingerprint density at radius 1 is 1.25 bits per heavy atom. The van der Waals surface area contributed by atoms with Gasteiger partial charge >= 0.3 is 0 Å². The molecule has 0 aromatic carbocycles. The number of nitrogens with zero attached hydrogens (tertiary/aromatic N) is 1. The molecule has 6 heteroatoms. The van der Waals surface area contributed by atoms with E-state index in [0.29, 0.717) is 10.4 Å². The van der Waals surface area contributed by atoms with Crippen LogP contribution in [0, 0.1) is 5.82 Å². The van der Waals surface area contributed by atoms with E-state index in [4.69, 9.17) is 4.74 Å². The molecule has 0 saturated heterocycles. The number of ether oxygens (including phenoxy) is 1. The third kappa shape index (κ3) is 1.80. The summed E-state index contributed by atoms with van der Waals surface area (Å²) in [6, 6.07) is 0. The first-order chi connectivity index (χ1) is 5.57. The maximum absolute atomic E-state index is 13.1. The zero-order valence-corrected chi connectivity index (χ0v) is 10.6. The summed E-state index contributed by atoms with van der Waals surface area (Å²) in [5.74, 6) is -0.134. The van der Waals surface area contributed by atoms with Crippen molar-refractivity contribution in [2.75, 3.05) is 7.11 Å². The van der Waals surface area contributed by atoms with Crippen LogP contribution in [0.4, 0.5) is 4.39 Å². The molecule has 0 atom stereocenters. The molecule has 12 heavy (non-hydrogen) atoms. The Labute approximate surface area is 93.9 Å². The monoisotopic (exact) mass is 361 g/mol. The Bertz CT molecular complexity index is 318.